The van der Waals surface area contributed by atoms with Crippen LogP contribution in [0, 0.1) is 0 Å². The van der Waals surface area contributed by atoms with E-state index in [9.17, 15) is 9.59 Å². The number of ether oxygens (including phenoxy) is 1. The van der Waals surface area contributed by atoms with Crippen LogP contribution in [-0.2, 0) is 4.74 Å². The minimum atomic E-state index is -0.281. The van der Waals surface area contributed by atoms with Crippen LogP contribution in [0.15, 0.2) is 29.1 Å². The van der Waals surface area contributed by atoms with Gasteiger partial charge >= 0.3 is 0 Å². The monoisotopic (exact) mass is 287 g/mol. The number of rotatable bonds is 2. The lowest BCUT2D eigenvalue weighted by molar-refractivity contribution is -0.00304. The van der Waals surface area contributed by atoms with Crippen molar-refractivity contribution in [3.05, 3.63) is 40.3 Å². The summed E-state index contributed by atoms with van der Waals surface area (Å²) in [7, 11) is 0. The fourth-order valence-corrected chi connectivity index (χ4v) is 2.67. The summed E-state index contributed by atoms with van der Waals surface area (Å²) in [4.78, 5) is 26.4. The summed E-state index contributed by atoms with van der Waals surface area (Å²) >= 11 is 0. The summed E-state index contributed by atoms with van der Waals surface area (Å²) < 4.78 is 5.42. The standard InChI is InChI=1S/C15H17N3O3/c1-2-10-9-21-8-7-18(10)15(20)13-11-5-3-4-6-12(11)14(19)17-16-13/h3-6,10H,2,7-9H2,1H3,(H,17,19). The fraction of sp³-hybridized carbons (Fsp3) is 0.400. The van der Waals surface area contributed by atoms with E-state index in [2.05, 4.69) is 10.2 Å². The second-order valence-corrected chi connectivity index (χ2v) is 5.08. The van der Waals surface area contributed by atoms with Gasteiger partial charge in [0.15, 0.2) is 5.69 Å². The molecular formula is C15H17N3O3. The number of fused-ring (bicyclic) bond motifs is 1. The molecule has 2 aromatic rings. The van der Waals surface area contributed by atoms with Crippen molar-refractivity contribution in [2.24, 2.45) is 0 Å². The zero-order valence-electron chi connectivity index (χ0n) is 11.8. The number of nitrogens with zero attached hydrogens (tertiary/aromatic N) is 2. The third-order valence-electron chi connectivity index (χ3n) is 3.86. The molecule has 1 atom stereocenters. The fourth-order valence-electron chi connectivity index (χ4n) is 2.67. The molecule has 0 saturated carbocycles. The van der Waals surface area contributed by atoms with Crippen molar-refractivity contribution < 1.29 is 9.53 Å². The van der Waals surface area contributed by atoms with Gasteiger partial charge in [0.25, 0.3) is 11.5 Å². The van der Waals surface area contributed by atoms with Crippen LogP contribution in [0.4, 0.5) is 0 Å². The Kier molecular flexibility index (Phi) is 3.70. The number of hydrogen-bond acceptors (Lipinski definition) is 4. The van der Waals surface area contributed by atoms with Gasteiger partial charge in [-0.3, -0.25) is 9.59 Å². The van der Waals surface area contributed by atoms with Crippen LogP contribution in [0.1, 0.15) is 23.8 Å². The molecule has 0 radical (unpaired) electrons. The number of H-pyrrole nitrogens is 1. The van der Waals surface area contributed by atoms with Crippen LogP contribution in [0.2, 0.25) is 0 Å². The average molecular weight is 287 g/mol. The summed E-state index contributed by atoms with van der Waals surface area (Å²) in [5.41, 5.74) is 0.0155. The number of amides is 1. The van der Waals surface area contributed by atoms with Gasteiger partial charge in [-0.25, -0.2) is 5.10 Å². The maximum atomic E-state index is 12.8. The zero-order chi connectivity index (χ0) is 14.8. The topological polar surface area (TPSA) is 75.3 Å². The van der Waals surface area contributed by atoms with Gasteiger partial charge in [0.1, 0.15) is 0 Å². The van der Waals surface area contributed by atoms with E-state index in [4.69, 9.17) is 4.74 Å². The molecule has 3 rings (SSSR count). The van der Waals surface area contributed by atoms with Gasteiger partial charge < -0.3 is 9.64 Å². The van der Waals surface area contributed by atoms with Crippen molar-refractivity contribution in [1.29, 1.82) is 0 Å². The Morgan fingerprint density at radius 1 is 1.43 bits per heavy atom. The van der Waals surface area contributed by atoms with Gasteiger partial charge in [-0.2, -0.15) is 5.10 Å². The third-order valence-corrected chi connectivity index (χ3v) is 3.86. The normalized spacial score (nSPS) is 18.9. The Labute approximate surface area is 121 Å². The summed E-state index contributed by atoms with van der Waals surface area (Å²) in [6.45, 7) is 3.65. The van der Waals surface area contributed by atoms with Crippen LogP contribution >= 0.6 is 0 Å². The summed E-state index contributed by atoms with van der Waals surface area (Å²) in [5.74, 6) is -0.155. The Hall–Kier alpha value is -2.21. The molecule has 0 spiro atoms. The molecule has 1 aromatic carbocycles. The highest BCUT2D eigenvalue weighted by Gasteiger charge is 2.28. The molecule has 0 bridgehead atoms. The van der Waals surface area contributed by atoms with Crippen LogP contribution in [0.3, 0.4) is 0 Å². The molecule has 21 heavy (non-hydrogen) atoms. The van der Waals surface area contributed by atoms with Crippen molar-refractivity contribution in [2.75, 3.05) is 19.8 Å². The van der Waals surface area contributed by atoms with Crippen molar-refractivity contribution >= 4 is 16.7 Å². The number of carbonyl (C=O) groups is 1. The number of aromatic nitrogens is 2. The first-order valence-corrected chi connectivity index (χ1v) is 7.08. The van der Waals surface area contributed by atoms with E-state index in [0.717, 1.165) is 6.42 Å². The molecule has 1 amide bonds. The van der Waals surface area contributed by atoms with Gasteiger partial charge in [-0.05, 0) is 12.5 Å². The van der Waals surface area contributed by atoms with Crippen LogP contribution in [-0.4, -0.2) is 46.8 Å². The molecule has 2 heterocycles. The maximum absolute atomic E-state index is 12.8. The SMILES string of the molecule is CCC1COCCN1C(=O)c1n[nH]c(=O)c2ccccc12. The number of benzene rings is 1. The number of nitrogens with one attached hydrogen (secondary N) is 1. The molecule has 1 N–H and O–H groups in total. The van der Waals surface area contributed by atoms with Gasteiger partial charge in [-0.15, -0.1) is 0 Å². The van der Waals surface area contributed by atoms with Crippen molar-refractivity contribution in [2.45, 2.75) is 19.4 Å². The summed E-state index contributed by atoms with van der Waals surface area (Å²) in [5, 5.41) is 7.47. The van der Waals surface area contributed by atoms with E-state index >= 15 is 0 Å². The highest BCUT2D eigenvalue weighted by Crippen LogP contribution is 2.18. The van der Waals surface area contributed by atoms with Crippen LogP contribution in [0.25, 0.3) is 10.8 Å². The molecule has 1 aliphatic heterocycles. The Morgan fingerprint density at radius 2 is 2.19 bits per heavy atom. The van der Waals surface area contributed by atoms with Crippen LogP contribution < -0.4 is 5.56 Å². The smallest absolute Gasteiger partial charge is 0.275 e. The molecule has 1 aromatic heterocycles. The zero-order valence-corrected chi connectivity index (χ0v) is 11.8. The lowest BCUT2D eigenvalue weighted by Gasteiger charge is -2.34. The first-order chi connectivity index (χ1) is 10.2. The van der Waals surface area contributed by atoms with E-state index in [1.54, 1.807) is 29.2 Å². The number of hydrogen-bond donors (Lipinski definition) is 1. The summed E-state index contributed by atoms with van der Waals surface area (Å²) in [6.07, 6.45) is 0.826. The Balaban J connectivity index is 2.05. The number of aromatic amines is 1. The molecule has 0 aliphatic carbocycles. The minimum absolute atomic E-state index is 0.0544. The molecule has 1 aliphatic rings. The highest BCUT2D eigenvalue weighted by molar-refractivity contribution is 6.04. The van der Waals surface area contributed by atoms with E-state index in [0.29, 0.717) is 36.2 Å². The van der Waals surface area contributed by atoms with E-state index in [1.165, 1.54) is 0 Å². The van der Waals surface area contributed by atoms with Gasteiger partial charge in [-0.1, -0.05) is 25.1 Å². The maximum Gasteiger partial charge on any atom is 0.275 e. The quantitative estimate of drug-likeness (QED) is 0.899. The molecule has 6 heteroatoms. The van der Waals surface area contributed by atoms with Crippen molar-refractivity contribution in [3.8, 4) is 0 Å². The molecule has 110 valence electrons. The van der Waals surface area contributed by atoms with Gasteiger partial charge in [0, 0.05) is 11.9 Å². The summed E-state index contributed by atoms with van der Waals surface area (Å²) in [6, 6.07) is 7.08. The molecule has 1 unspecified atom stereocenters. The van der Waals surface area contributed by atoms with E-state index < -0.39 is 0 Å². The van der Waals surface area contributed by atoms with Gasteiger partial charge in [0.05, 0.1) is 24.6 Å². The molecule has 1 saturated heterocycles. The van der Waals surface area contributed by atoms with Gasteiger partial charge in [0.2, 0.25) is 0 Å². The van der Waals surface area contributed by atoms with Crippen molar-refractivity contribution in [3.63, 3.8) is 0 Å². The number of morpholine rings is 1. The van der Waals surface area contributed by atoms with Crippen molar-refractivity contribution in [1.82, 2.24) is 15.1 Å². The van der Waals surface area contributed by atoms with E-state index in [1.807, 2.05) is 6.92 Å². The molecular weight excluding hydrogens is 270 g/mol. The first-order valence-electron chi connectivity index (χ1n) is 7.08. The van der Waals surface area contributed by atoms with E-state index in [-0.39, 0.29) is 17.5 Å². The minimum Gasteiger partial charge on any atom is -0.377 e. The Bertz CT molecular complexity index is 725. The third kappa shape index (κ3) is 2.42. The largest absolute Gasteiger partial charge is 0.377 e. The predicted octanol–water partition coefficient (Wildman–Crippen LogP) is 1.17. The lowest BCUT2D eigenvalue weighted by Crippen LogP contribution is -2.48. The number of carbonyl (C=O) groups excluding carboxylic acids is 1. The second kappa shape index (κ2) is 5.65. The molecule has 6 nitrogen and oxygen atoms in total. The highest BCUT2D eigenvalue weighted by atomic mass is 16.5. The second-order valence-electron chi connectivity index (χ2n) is 5.08. The first kappa shape index (κ1) is 13.8. The van der Waals surface area contributed by atoms with Crippen LogP contribution in [0.5, 0.6) is 0 Å². The Morgan fingerprint density at radius 3 is 2.95 bits per heavy atom. The molecule has 1 fully saturated rings. The average Bonchev–Trinajstić information content (AvgIpc) is 2.55. The predicted molar refractivity (Wildman–Crippen MR) is 78.3 cm³/mol. The lowest BCUT2D eigenvalue weighted by atomic mass is 10.1.